The van der Waals surface area contributed by atoms with E-state index in [4.69, 9.17) is 11.6 Å². The second-order valence-corrected chi connectivity index (χ2v) is 4.58. The Labute approximate surface area is 101 Å². The van der Waals surface area contributed by atoms with Crippen LogP contribution in [0.2, 0.25) is 0 Å². The molecule has 0 nitrogen and oxygen atoms in total. The van der Waals surface area contributed by atoms with E-state index in [1.54, 1.807) is 5.54 Å². The van der Waals surface area contributed by atoms with Crippen molar-refractivity contribution >= 4 is 11.6 Å². The lowest BCUT2D eigenvalue weighted by Gasteiger charge is -2.01. The summed E-state index contributed by atoms with van der Waals surface area (Å²) in [4.78, 5) is 0. The van der Waals surface area contributed by atoms with E-state index < -0.39 is 0 Å². The molecule has 0 radical (unpaired) electrons. The maximum Gasteiger partial charge on any atom is 0.000245 e. The molecule has 0 N–H and O–H groups in total. The van der Waals surface area contributed by atoms with Gasteiger partial charge in [-0.15, -0.1) is 0 Å². The van der Waals surface area contributed by atoms with E-state index in [9.17, 15) is 0 Å². The van der Waals surface area contributed by atoms with Gasteiger partial charge in [-0.2, -0.15) is 0 Å². The summed E-state index contributed by atoms with van der Waals surface area (Å²) in [6, 6.07) is 0. The first-order valence-corrected chi connectivity index (χ1v) is 7.10. The molecule has 15 heavy (non-hydrogen) atoms. The number of rotatable bonds is 11. The second kappa shape index (κ2) is 14.0. The molecule has 0 rings (SSSR count). The number of hydrogen-bond donors (Lipinski definition) is 0. The first-order valence-electron chi connectivity index (χ1n) is 6.67. The van der Waals surface area contributed by atoms with Crippen LogP contribution in [-0.4, -0.2) is 0 Å². The minimum absolute atomic E-state index is 1.15. The van der Waals surface area contributed by atoms with Crippen molar-refractivity contribution in [2.45, 2.75) is 77.6 Å². The van der Waals surface area contributed by atoms with E-state index in [-0.39, 0.29) is 0 Å². The molecular weight excluding hydrogens is 204 g/mol. The largest absolute Gasteiger partial charge is 0.0933 e. The van der Waals surface area contributed by atoms with Crippen molar-refractivity contribution in [2.75, 3.05) is 0 Å². The summed E-state index contributed by atoms with van der Waals surface area (Å²) in [7, 11) is 0. The third kappa shape index (κ3) is 14.0. The molecule has 0 aliphatic heterocycles. The highest BCUT2D eigenvalue weighted by Gasteiger charge is 1.91. The third-order valence-electron chi connectivity index (χ3n) is 2.81. The Morgan fingerprint density at radius 3 is 1.67 bits per heavy atom. The van der Waals surface area contributed by atoms with E-state index in [1.807, 2.05) is 6.08 Å². The van der Waals surface area contributed by atoms with Crippen molar-refractivity contribution in [1.82, 2.24) is 0 Å². The van der Waals surface area contributed by atoms with Gasteiger partial charge in [-0.05, 0) is 12.8 Å². The van der Waals surface area contributed by atoms with Crippen molar-refractivity contribution in [1.29, 1.82) is 0 Å². The van der Waals surface area contributed by atoms with Crippen LogP contribution in [0.1, 0.15) is 77.6 Å². The first-order chi connectivity index (χ1) is 7.41. The highest BCUT2D eigenvalue weighted by Crippen LogP contribution is 2.11. The Morgan fingerprint density at radius 1 is 0.733 bits per heavy atom. The monoisotopic (exact) mass is 230 g/mol. The van der Waals surface area contributed by atoms with E-state index in [0.717, 1.165) is 6.42 Å². The SMILES string of the molecule is CCCCCCCCCCCC/C=C\Cl. The van der Waals surface area contributed by atoms with Crippen LogP contribution in [0.3, 0.4) is 0 Å². The molecule has 0 aromatic rings. The number of hydrogen-bond acceptors (Lipinski definition) is 0. The molecule has 0 bridgehead atoms. The maximum absolute atomic E-state index is 5.44. The highest BCUT2D eigenvalue weighted by molar-refractivity contribution is 6.25. The summed E-state index contributed by atoms with van der Waals surface area (Å²) in [5, 5.41) is 0. The smallest absolute Gasteiger partial charge is 0.000245 e. The van der Waals surface area contributed by atoms with Gasteiger partial charge in [0.05, 0.1) is 0 Å². The summed E-state index contributed by atoms with van der Waals surface area (Å²) in [6.45, 7) is 2.27. The predicted molar refractivity (Wildman–Crippen MR) is 71.5 cm³/mol. The van der Waals surface area contributed by atoms with Crippen LogP contribution in [0.15, 0.2) is 11.6 Å². The zero-order chi connectivity index (χ0) is 11.2. The molecule has 0 fully saturated rings. The molecule has 0 aromatic carbocycles. The molecule has 0 amide bonds. The molecule has 0 heterocycles. The Bertz CT molecular complexity index is 129. The number of unbranched alkanes of at least 4 members (excludes halogenated alkanes) is 10. The molecule has 0 unspecified atom stereocenters. The quantitative estimate of drug-likeness (QED) is 0.379. The lowest BCUT2D eigenvalue weighted by atomic mass is 10.1. The lowest BCUT2D eigenvalue weighted by Crippen LogP contribution is -1.81. The number of allylic oxidation sites excluding steroid dienone is 1. The van der Waals surface area contributed by atoms with Crippen LogP contribution in [0.5, 0.6) is 0 Å². The van der Waals surface area contributed by atoms with Gasteiger partial charge in [-0.1, -0.05) is 82.4 Å². The summed E-state index contributed by atoms with van der Waals surface area (Å²) < 4.78 is 0. The fourth-order valence-electron chi connectivity index (χ4n) is 1.81. The van der Waals surface area contributed by atoms with E-state index in [0.29, 0.717) is 0 Å². The Balaban J connectivity index is 2.86. The van der Waals surface area contributed by atoms with Crippen LogP contribution < -0.4 is 0 Å². The zero-order valence-electron chi connectivity index (χ0n) is 10.3. The van der Waals surface area contributed by atoms with E-state index in [1.165, 1.54) is 64.2 Å². The van der Waals surface area contributed by atoms with Gasteiger partial charge >= 0.3 is 0 Å². The van der Waals surface area contributed by atoms with Crippen LogP contribution >= 0.6 is 11.6 Å². The Hall–Kier alpha value is 0.0300. The van der Waals surface area contributed by atoms with Crippen LogP contribution in [-0.2, 0) is 0 Å². The van der Waals surface area contributed by atoms with Crippen LogP contribution in [0.4, 0.5) is 0 Å². The summed E-state index contributed by atoms with van der Waals surface area (Å²) in [5.74, 6) is 0. The summed E-state index contributed by atoms with van der Waals surface area (Å²) in [6.07, 6.45) is 17.3. The standard InChI is InChI=1S/C14H27Cl/c1-2-3-4-5-6-7-8-9-10-11-12-13-14-15/h13-14H,2-12H2,1H3/b14-13-. The van der Waals surface area contributed by atoms with Gasteiger partial charge in [0.25, 0.3) is 0 Å². The Kier molecular flexibility index (Phi) is 14.1. The van der Waals surface area contributed by atoms with Gasteiger partial charge in [0.2, 0.25) is 0 Å². The highest BCUT2D eigenvalue weighted by atomic mass is 35.5. The minimum atomic E-state index is 1.15. The second-order valence-electron chi connectivity index (χ2n) is 4.33. The molecule has 0 atom stereocenters. The molecule has 0 saturated heterocycles. The fraction of sp³-hybridized carbons (Fsp3) is 0.857. The normalized spacial score (nSPS) is 11.3. The van der Waals surface area contributed by atoms with E-state index in [2.05, 4.69) is 6.92 Å². The van der Waals surface area contributed by atoms with Gasteiger partial charge in [-0.3, -0.25) is 0 Å². The molecule has 0 aliphatic carbocycles. The topological polar surface area (TPSA) is 0 Å². The van der Waals surface area contributed by atoms with Gasteiger partial charge in [0.15, 0.2) is 0 Å². The number of halogens is 1. The van der Waals surface area contributed by atoms with Crippen molar-refractivity contribution < 1.29 is 0 Å². The Morgan fingerprint density at radius 2 is 1.20 bits per heavy atom. The summed E-state index contributed by atoms with van der Waals surface area (Å²) in [5.41, 5.74) is 1.63. The van der Waals surface area contributed by atoms with Gasteiger partial charge < -0.3 is 0 Å². The molecule has 90 valence electrons. The lowest BCUT2D eigenvalue weighted by molar-refractivity contribution is 0.557. The van der Waals surface area contributed by atoms with Crippen LogP contribution in [0.25, 0.3) is 0 Å². The van der Waals surface area contributed by atoms with Gasteiger partial charge in [0.1, 0.15) is 0 Å². The minimum Gasteiger partial charge on any atom is -0.0933 e. The fourth-order valence-corrected chi connectivity index (χ4v) is 1.94. The first kappa shape index (κ1) is 15.0. The van der Waals surface area contributed by atoms with E-state index >= 15 is 0 Å². The predicted octanol–water partition coefficient (Wildman–Crippen LogP) is 6.05. The summed E-state index contributed by atoms with van der Waals surface area (Å²) >= 11 is 5.44. The van der Waals surface area contributed by atoms with Crippen molar-refractivity contribution in [3.05, 3.63) is 11.6 Å². The third-order valence-corrected chi connectivity index (χ3v) is 2.99. The van der Waals surface area contributed by atoms with Crippen LogP contribution in [0, 0.1) is 0 Å². The van der Waals surface area contributed by atoms with Gasteiger partial charge in [0, 0.05) is 5.54 Å². The zero-order valence-corrected chi connectivity index (χ0v) is 11.1. The maximum atomic E-state index is 5.44. The molecule has 0 aliphatic rings. The average Bonchev–Trinajstić information content (AvgIpc) is 2.26. The molecule has 0 saturated carbocycles. The van der Waals surface area contributed by atoms with Crippen molar-refractivity contribution in [3.63, 3.8) is 0 Å². The van der Waals surface area contributed by atoms with Gasteiger partial charge in [-0.25, -0.2) is 0 Å². The molecule has 0 spiro atoms. The molecular formula is C14H27Cl. The molecule has 0 aromatic heterocycles. The van der Waals surface area contributed by atoms with Crippen molar-refractivity contribution in [3.8, 4) is 0 Å². The average molecular weight is 231 g/mol. The van der Waals surface area contributed by atoms with Crippen molar-refractivity contribution in [2.24, 2.45) is 0 Å². The molecule has 1 heteroatoms.